The molecule has 0 aromatic heterocycles. The Morgan fingerprint density at radius 3 is 2.42 bits per heavy atom. The molecule has 0 radical (unpaired) electrons. The minimum atomic E-state index is 1.01. The molecular formula is C11H23N. The second-order valence-corrected chi connectivity index (χ2v) is 4.05. The van der Waals surface area contributed by atoms with E-state index in [4.69, 9.17) is 0 Å². The van der Waals surface area contributed by atoms with Crippen LogP contribution in [0.1, 0.15) is 46.0 Å². The molecule has 12 heavy (non-hydrogen) atoms. The topological polar surface area (TPSA) is 3.01 Å². The Balaban J connectivity index is 1.93. The maximum atomic E-state index is 2.53. The van der Waals surface area contributed by atoms with Crippen molar-refractivity contribution < 1.29 is 0 Å². The fraction of sp³-hybridized carbons (Fsp3) is 1.00. The van der Waals surface area contributed by atoms with Gasteiger partial charge in [0, 0.05) is 13.1 Å². The minimum Gasteiger partial charge on any atom is -0.301 e. The maximum Gasteiger partial charge on any atom is 0.0110 e. The van der Waals surface area contributed by atoms with Gasteiger partial charge < -0.3 is 4.90 Å². The van der Waals surface area contributed by atoms with Crippen LogP contribution >= 0.6 is 0 Å². The van der Waals surface area contributed by atoms with E-state index in [9.17, 15) is 0 Å². The lowest BCUT2D eigenvalue weighted by atomic mass is 9.95. The second kappa shape index (κ2) is 5.58. The van der Waals surface area contributed by atoms with Gasteiger partial charge in [0.05, 0.1) is 0 Å². The molecule has 0 N–H and O–H groups in total. The summed E-state index contributed by atoms with van der Waals surface area (Å²) < 4.78 is 0. The van der Waals surface area contributed by atoms with Crippen LogP contribution in [0.3, 0.4) is 0 Å². The lowest BCUT2D eigenvalue weighted by Crippen LogP contribution is -2.04. The standard InChI is InChI=1S/C11H23N/c1-3-6-11(4-2)7-5-8-12-9-10-12/h11H,3-10H2,1-2H3. The first kappa shape index (κ1) is 10.0. The molecule has 1 saturated heterocycles. The third-order valence-corrected chi connectivity index (χ3v) is 2.90. The zero-order chi connectivity index (χ0) is 8.81. The number of rotatable bonds is 7. The van der Waals surface area contributed by atoms with Crippen molar-refractivity contribution in [1.29, 1.82) is 0 Å². The summed E-state index contributed by atoms with van der Waals surface area (Å²) in [5, 5.41) is 0. The van der Waals surface area contributed by atoms with Gasteiger partial charge in [-0.2, -0.15) is 0 Å². The Morgan fingerprint density at radius 2 is 1.92 bits per heavy atom. The third-order valence-electron chi connectivity index (χ3n) is 2.90. The van der Waals surface area contributed by atoms with Gasteiger partial charge >= 0.3 is 0 Å². The zero-order valence-corrected chi connectivity index (χ0v) is 8.68. The molecular weight excluding hydrogens is 146 g/mol. The summed E-state index contributed by atoms with van der Waals surface area (Å²) in [6.45, 7) is 8.72. The van der Waals surface area contributed by atoms with Crippen molar-refractivity contribution >= 4 is 0 Å². The fourth-order valence-corrected chi connectivity index (χ4v) is 1.86. The van der Waals surface area contributed by atoms with Crippen molar-refractivity contribution in [2.45, 2.75) is 46.0 Å². The van der Waals surface area contributed by atoms with Crippen molar-refractivity contribution in [3.05, 3.63) is 0 Å². The summed E-state index contributed by atoms with van der Waals surface area (Å²) in [5.41, 5.74) is 0. The molecule has 1 aliphatic heterocycles. The van der Waals surface area contributed by atoms with Crippen LogP contribution in [0.5, 0.6) is 0 Å². The molecule has 72 valence electrons. The Kier molecular flexibility index (Phi) is 4.67. The average molecular weight is 169 g/mol. The van der Waals surface area contributed by atoms with Gasteiger partial charge in [-0.25, -0.2) is 0 Å². The predicted octanol–water partition coefficient (Wildman–Crippen LogP) is 2.91. The molecule has 0 aromatic carbocycles. The summed E-state index contributed by atoms with van der Waals surface area (Å²) in [6, 6.07) is 0. The molecule has 0 spiro atoms. The highest BCUT2D eigenvalue weighted by Gasteiger charge is 2.16. The smallest absolute Gasteiger partial charge is 0.0110 e. The largest absolute Gasteiger partial charge is 0.301 e. The van der Waals surface area contributed by atoms with Crippen LogP contribution < -0.4 is 0 Å². The van der Waals surface area contributed by atoms with Crippen LogP contribution in [0.25, 0.3) is 0 Å². The van der Waals surface area contributed by atoms with E-state index in [1.54, 1.807) is 0 Å². The normalized spacial score (nSPS) is 19.5. The predicted molar refractivity (Wildman–Crippen MR) is 54.4 cm³/mol. The third kappa shape index (κ3) is 4.10. The SMILES string of the molecule is CCCC(CC)CCCN1CC1. The van der Waals surface area contributed by atoms with Crippen molar-refractivity contribution in [2.75, 3.05) is 19.6 Å². The quantitative estimate of drug-likeness (QED) is 0.530. The van der Waals surface area contributed by atoms with Crippen LogP contribution in [0.4, 0.5) is 0 Å². The number of hydrogen-bond acceptors (Lipinski definition) is 1. The Labute approximate surface area is 77.1 Å². The van der Waals surface area contributed by atoms with Gasteiger partial charge in [-0.15, -0.1) is 0 Å². The van der Waals surface area contributed by atoms with E-state index in [1.165, 1.54) is 51.7 Å². The van der Waals surface area contributed by atoms with Gasteiger partial charge in [0.2, 0.25) is 0 Å². The van der Waals surface area contributed by atoms with Gasteiger partial charge in [0.15, 0.2) is 0 Å². The molecule has 1 fully saturated rings. The summed E-state index contributed by atoms with van der Waals surface area (Å²) >= 11 is 0. The molecule has 0 saturated carbocycles. The lowest BCUT2D eigenvalue weighted by molar-refractivity contribution is 0.395. The van der Waals surface area contributed by atoms with E-state index in [0.717, 1.165) is 5.92 Å². The van der Waals surface area contributed by atoms with Crippen LogP contribution in [-0.4, -0.2) is 24.5 Å². The van der Waals surface area contributed by atoms with Crippen molar-refractivity contribution in [3.8, 4) is 0 Å². The molecule has 0 aromatic rings. The molecule has 1 rings (SSSR count). The van der Waals surface area contributed by atoms with Gasteiger partial charge in [-0.1, -0.05) is 33.1 Å². The highest BCUT2D eigenvalue weighted by atomic mass is 15.2. The van der Waals surface area contributed by atoms with E-state index in [-0.39, 0.29) is 0 Å². The highest BCUT2D eigenvalue weighted by Crippen LogP contribution is 2.18. The van der Waals surface area contributed by atoms with E-state index >= 15 is 0 Å². The minimum absolute atomic E-state index is 1.01. The van der Waals surface area contributed by atoms with E-state index in [0.29, 0.717) is 0 Å². The summed E-state index contributed by atoms with van der Waals surface area (Å²) in [4.78, 5) is 2.53. The first-order valence-electron chi connectivity index (χ1n) is 5.59. The van der Waals surface area contributed by atoms with Crippen molar-refractivity contribution in [1.82, 2.24) is 4.90 Å². The van der Waals surface area contributed by atoms with Crippen molar-refractivity contribution in [2.24, 2.45) is 5.92 Å². The van der Waals surface area contributed by atoms with Gasteiger partial charge in [0.25, 0.3) is 0 Å². The van der Waals surface area contributed by atoms with Crippen molar-refractivity contribution in [3.63, 3.8) is 0 Å². The van der Waals surface area contributed by atoms with Crippen LogP contribution in [0, 0.1) is 5.92 Å². The Morgan fingerprint density at radius 1 is 1.17 bits per heavy atom. The molecule has 1 nitrogen and oxygen atoms in total. The van der Waals surface area contributed by atoms with E-state index in [2.05, 4.69) is 18.7 Å². The lowest BCUT2D eigenvalue weighted by Gasteiger charge is -2.13. The molecule has 1 heteroatoms. The van der Waals surface area contributed by atoms with Gasteiger partial charge in [0.1, 0.15) is 0 Å². The molecule has 1 unspecified atom stereocenters. The number of hydrogen-bond donors (Lipinski definition) is 0. The van der Waals surface area contributed by atoms with Crippen LogP contribution in [0.15, 0.2) is 0 Å². The van der Waals surface area contributed by atoms with Crippen LogP contribution in [0.2, 0.25) is 0 Å². The van der Waals surface area contributed by atoms with Gasteiger partial charge in [-0.05, 0) is 25.3 Å². The summed E-state index contributed by atoms with van der Waals surface area (Å²) in [6.07, 6.45) is 7.08. The van der Waals surface area contributed by atoms with E-state index in [1.807, 2.05) is 0 Å². The average Bonchev–Trinajstić information content (AvgIpc) is 2.87. The van der Waals surface area contributed by atoms with Gasteiger partial charge in [-0.3, -0.25) is 0 Å². The Hall–Kier alpha value is -0.0400. The van der Waals surface area contributed by atoms with E-state index < -0.39 is 0 Å². The Bertz CT molecular complexity index is 108. The molecule has 1 atom stereocenters. The first-order chi connectivity index (χ1) is 5.86. The first-order valence-corrected chi connectivity index (χ1v) is 5.59. The molecule has 0 amide bonds. The maximum absolute atomic E-state index is 2.53. The molecule has 1 aliphatic rings. The molecule has 1 heterocycles. The monoisotopic (exact) mass is 169 g/mol. The zero-order valence-electron chi connectivity index (χ0n) is 8.68. The fourth-order valence-electron chi connectivity index (χ4n) is 1.86. The number of nitrogens with zero attached hydrogens (tertiary/aromatic N) is 1. The second-order valence-electron chi connectivity index (χ2n) is 4.05. The summed E-state index contributed by atoms with van der Waals surface area (Å²) in [7, 11) is 0. The summed E-state index contributed by atoms with van der Waals surface area (Å²) in [5.74, 6) is 1.01. The molecule has 0 aliphatic carbocycles. The highest BCUT2D eigenvalue weighted by molar-refractivity contribution is 4.72. The van der Waals surface area contributed by atoms with Crippen LogP contribution in [-0.2, 0) is 0 Å². The molecule has 0 bridgehead atoms.